The zero-order chi connectivity index (χ0) is 12.7. The first kappa shape index (κ1) is 13.5. The van der Waals surface area contributed by atoms with E-state index in [-0.39, 0.29) is 16.7 Å². The number of carbonyl (C=O) groups excluding carboxylic acids is 1. The van der Waals surface area contributed by atoms with E-state index >= 15 is 0 Å². The average molecular weight is 225 g/mol. The van der Waals surface area contributed by atoms with Crippen molar-refractivity contribution in [3.8, 4) is 0 Å². The van der Waals surface area contributed by atoms with Crippen molar-refractivity contribution in [2.75, 3.05) is 13.6 Å². The molecule has 2 nitrogen and oxygen atoms in total. The van der Waals surface area contributed by atoms with Gasteiger partial charge in [-0.05, 0) is 23.2 Å². The van der Waals surface area contributed by atoms with Crippen LogP contribution < -0.4 is 0 Å². The van der Waals surface area contributed by atoms with E-state index in [1.54, 1.807) is 0 Å². The van der Waals surface area contributed by atoms with E-state index in [4.69, 9.17) is 0 Å². The van der Waals surface area contributed by atoms with E-state index in [1.165, 1.54) is 0 Å². The summed E-state index contributed by atoms with van der Waals surface area (Å²) in [7, 11) is 1.93. The molecule has 0 radical (unpaired) electrons. The van der Waals surface area contributed by atoms with Crippen LogP contribution in [0, 0.1) is 22.7 Å². The van der Waals surface area contributed by atoms with Crippen molar-refractivity contribution >= 4 is 5.91 Å². The summed E-state index contributed by atoms with van der Waals surface area (Å²) in [5, 5.41) is 0. The molecule has 2 unspecified atom stereocenters. The molecule has 0 aliphatic carbocycles. The molecule has 0 aromatic rings. The van der Waals surface area contributed by atoms with E-state index in [2.05, 4.69) is 41.5 Å². The molecule has 0 bridgehead atoms. The number of hydrogen-bond acceptors (Lipinski definition) is 1. The number of piperidine rings is 1. The topological polar surface area (TPSA) is 20.3 Å². The quantitative estimate of drug-likeness (QED) is 0.620. The Morgan fingerprint density at radius 2 is 1.56 bits per heavy atom. The van der Waals surface area contributed by atoms with E-state index < -0.39 is 0 Å². The Morgan fingerprint density at radius 1 is 1.06 bits per heavy atom. The number of amides is 1. The fraction of sp³-hybridized carbons (Fsp3) is 0.929. The fourth-order valence-electron chi connectivity index (χ4n) is 2.93. The summed E-state index contributed by atoms with van der Waals surface area (Å²) < 4.78 is 0. The number of nitrogens with zero attached hydrogens (tertiary/aromatic N) is 1. The van der Waals surface area contributed by atoms with Gasteiger partial charge >= 0.3 is 0 Å². The van der Waals surface area contributed by atoms with Gasteiger partial charge in [0.15, 0.2) is 0 Å². The van der Waals surface area contributed by atoms with E-state index in [0.717, 1.165) is 13.0 Å². The molecular formula is C14H27NO. The molecule has 0 aromatic carbocycles. The third-order valence-corrected chi connectivity index (χ3v) is 3.87. The van der Waals surface area contributed by atoms with Crippen molar-refractivity contribution in [2.45, 2.75) is 48.0 Å². The highest BCUT2D eigenvalue weighted by atomic mass is 16.2. The van der Waals surface area contributed by atoms with Crippen LogP contribution in [0.2, 0.25) is 0 Å². The van der Waals surface area contributed by atoms with Crippen molar-refractivity contribution < 1.29 is 4.79 Å². The minimum Gasteiger partial charge on any atom is -0.345 e. The van der Waals surface area contributed by atoms with Gasteiger partial charge in [0, 0.05) is 19.5 Å². The molecule has 1 heterocycles. The Morgan fingerprint density at radius 3 is 1.94 bits per heavy atom. The monoisotopic (exact) mass is 225 g/mol. The summed E-state index contributed by atoms with van der Waals surface area (Å²) in [5.74, 6) is 0.987. The lowest BCUT2D eigenvalue weighted by Gasteiger charge is -2.48. The summed E-state index contributed by atoms with van der Waals surface area (Å²) in [4.78, 5) is 14.3. The third kappa shape index (κ3) is 2.58. The molecule has 1 rings (SSSR count). The van der Waals surface area contributed by atoms with Gasteiger partial charge in [-0.1, -0.05) is 41.5 Å². The van der Waals surface area contributed by atoms with Crippen molar-refractivity contribution in [2.24, 2.45) is 22.7 Å². The van der Waals surface area contributed by atoms with Crippen LogP contribution in [0.25, 0.3) is 0 Å². The Hall–Kier alpha value is -0.530. The zero-order valence-electron chi connectivity index (χ0n) is 11.9. The van der Waals surface area contributed by atoms with E-state index in [9.17, 15) is 4.79 Å². The van der Waals surface area contributed by atoms with Gasteiger partial charge in [0.05, 0.1) is 0 Å². The van der Waals surface area contributed by atoms with Gasteiger partial charge in [0.25, 0.3) is 0 Å². The maximum atomic E-state index is 12.4. The van der Waals surface area contributed by atoms with Crippen molar-refractivity contribution in [3.63, 3.8) is 0 Å². The molecule has 1 aliphatic rings. The fourth-order valence-corrected chi connectivity index (χ4v) is 2.93. The van der Waals surface area contributed by atoms with Gasteiger partial charge in [-0.25, -0.2) is 0 Å². The van der Waals surface area contributed by atoms with Gasteiger partial charge in [-0.3, -0.25) is 4.79 Å². The smallest absolute Gasteiger partial charge is 0.226 e. The molecular weight excluding hydrogens is 198 g/mol. The van der Waals surface area contributed by atoms with Crippen LogP contribution in [0.15, 0.2) is 0 Å². The Kier molecular flexibility index (Phi) is 3.42. The van der Waals surface area contributed by atoms with Gasteiger partial charge in [0.2, 0.25) is 5.91 Å². The maximum Gasteiger partial charge on any atom is 0.226 e. The Labute approximate surface area is 100 Å². The first-order valence-electron chi connectivity index (χ1n) is 6.30. The van der Waals surface area contributed by atoms with Gasteiger partial charge in [0.1, 0.15) is 0 Å². The third-order valence-electron chi connectivity index (χ3n) is 3.87. The second-order valence-electron chi connectivity index (χ2n) is 7.36. The highest BCUT2D eigenvalue weighted by Gasteiger charge is 2.46. The SMILES string of the molecule is CN1CCC(C(C)(C)C)C(C(C)(C)C)C1=O. The van der Waals surface area contributed by atoms with Crippen LogP contribution in [0.3, 0.4) is 0 Å². The zero-order valence-corrected chi connectivity index (χ0v) is 11.9. The lowest BCUT2D eigenvalue weighted by Crippen LogP contribution is -2.51. The second-order valence-corrected chi connectivity index (χ2v) is 7.36. The predicted octanol–water partition coefficient (Wildman–Crippen LogP) is 3.17. The largest absolute Gasteiger partial charge is 0.345 e. The highest BCUT2D eigenvalue weighted by Crippen LogP contribution is 2.46. The van der Waals surface area contributed by atoms with Gasteiger partial charge in [-0.15, -0.1) is 0 Å². The molecule has 1 saturated heterocycles. The molecule has 2 atom stereocenters. The number of rotatable bonds is 0. The Bertz CT molecular complexity index is 269. The first-order valence-corrected chi connectivity index (χ1v) is 6.30. The molecule has 0 spiro atoms. The molecule has 0 aromatic heterocycles. The van der Waals surface area contributed by atoms with Crippen LogP contribution in [0.1, 0.15) is 48.0 Å². The molecule has 2 heteroatoms. The number of carbonyl (C=O) groups is 1. The van der Waals surface area contributed by atoms with Gasteiger partial charge in [-0.2, -0.15) is 0 Å². The summed E-state index contributed by atoms with van der Waals surface area (Å²) in [6.45, 7) is 14.3. The number of hydrogen-bond donors (Lipinski definition) is 0. The molecule has 0 N–H and O–H groups in total. The summed E-state index contributed by atoms with van der Waals surface area (Å²) in [5.41, 5.74) is 0.276. The molecule has 1 amide bonds. The van der Waals surface area contributed by atoms with Crippen molar-refractivity contribution in [1.82, 2.24) is 4.90 Å². The summed E-state index contributed by atoms with van der Waals surface area (Å²) in [6, 6.07) is 0. The number of likely N-dealkylation sites (tertiary alicyclic amines) is 1. The molecule has 1 aliphatic heterocycles. The van der Waals surface area contributed by atoms with Crippen LogP contribution >= 0.6 is 0 Å². The Balaban J connectivity index is 3.05. The predicted molar refractivity (Wildman–Crippen MR) is 68.1 cm³/mol. The molecule has 94 valence electrons. The summed E-state index contributed by atoms with van der Waals surface area (Å²) in [6.07, 6.45) is 1.13. The molecule has 16 heavy (non-hydrogen) atoms. The lowest BCUT2D eigenvalue weighted by atomic mass is 9.61. The first-order chi connectivity index (χ1) is 7.05. The van der Waals surface area contributed by atoms with Crippen LogP contribution in [-0.2, 0) is 4.79 Å². The van der Waals surface area contributed by atoms with Crippen molar-refractivity contribution in [3.05, 3.63) is 0 Å². The van der Waals surface area contributed by atoms with Crippen LogP contribution in [-0.4, -0.2) is 24.4 Å². The normalized spacial score (nSPS) is 28.4. The summed E-state index contributed by atoms with van der Waals surface area (Å²) >= 11 is 0. The minimum atomic E-state index is 0.0592. The second kappa shape index (κ2) is 4.05. The standard InChI is InChI=1S/C14H27NO/c1-13(2,3)10-8-9-15(7)12(16)11(10)14(4,5)6/h10-11H,8-9H2,1-7H3. The van der Waals surface area contributed by atoms with Crippen molar-refractivity contribution in [1.29, 1.82) is 0 Å². The van der Waals surface area contributed by atoms with Crippen LogP contribution in [0.4, 0.5) is 0 Å². The van der Waals surface area contributed by atoms with E-state index in [0.29, 0.717) is 11.8 Å². The minimum absolute atomic E-state index is 0.0592. The maximum absolute atomic E-state index is 12.4. The average Bonchev–Trinajstić information content (AvgIpc) is 2.05. The molecule has 0 saturated carbocycles. The molecule has 1 fully saturated rings. The van der Waals surface area contributed by atoms with E-state index in [1.807, 2.05) is 11.9 Å². The highest BCUT2D eigenvalue weighted by molar-refractivity contribution is 5.80. The lowest BCUT2D eigenvalue weighted by molar-refractivity contribution is -0.148. The van der Waals surface area contributed by atoms with Gasteiger partial charge < -0.3 is 4.90 Å². The van der Waals surface area contributed by atoms with Crippen LogP contribution in [0.5, 0.6) is 0 Å².